The van der Waals surface area contributed by atoms with Crippen molar-refractivity contribution in [3.8, 4) is 0 Å². The van der Waals surface area contributed by atoms with Crippen LogP contribution in [0.15, 0.2) is 24.3 Å². The first-order chi connectivity index (χ1) is 11.1. The largest absolute Gasteiger partial charge is 0.369 e. The average molecular weight is 316 g/mol. The van der Waals surface area contributed by atoms with Crippen molar-refractivity contribution in [1.29, 1.82) is 0 Å². The second-order valence-corrected chi connectivity index (χ2v) is 6.20. The Kier molecular flexibility index (Phi) is 4.81. The third kappa shape index (κ3) is 3.64. The van der Waals surface area contributed by atoms with Crippen LogP contribution < -0.4 is 15.5 Å². The van der Waals surface area contributed by atoms with E-state index in [1.807, 2.05) is 11.0 Å². The molecule has 2 N–H and O–H groups in total. The van der Waals surface area contributed by atoms with Gasteiger partial charge in [-0.25, -0.2) is 0 Å². The number of para-hydroxylation sites is 1. The maximum atomic E-state index is 12.6. The molecule has 0 bridgehead atoms. The molecule has 0 aromatic heterocycles. The first kappa shape index (κ1) is 15.8. The van der Waals surface area contributed by atoms with Gasteiger partial charge in [-0.15, -0.1) is 0 Å². The number of aryl methyl sites for hydroxylation is 1. The number of benzene rings is 1. The molecule has 2 amide bonds. The van der Waals surface area contributed by atoms with Gasteiger partial charge in [0.05, 0.1) is 6.54 Å². The molecule has 0 aliphatic carbocycles. The lowest BCUT2D eigenvalue weighted by Gasteiger charge is -2.29. The van der Waals surface area contributed by atoms with Crippen molar-refractivity contribution in [2.75, 3.05) is 44.2 Å². The Morgan fingerprint density at radius 3 is 2.78 bits per heavy atom. The molecule has 1 atom stereocenters. The van der Waals surface area contributed by atoms with Gasteiger partial charge < -0.3 is 20.4 Å². The number of piperazine rings is 1. The minimum atomic E-state index is -0.429. The van der Waals surface area contributed by atoms with Crippen molar-refractivity contribution in [3.63, 3.8) is 0 Å². The Bertz CT molecular complexity index is 590. The van der Waals surface area contributed by atoms with E-state index in [9.17, 15) is 9.59 Å². The van der Waals surface area contributed by atoms with Gasteiger partial charge in [0, 0.05) is 38.4 Å². The van der Waals surface area contributed by atoms with Crippen LogP contribution in [0.1, 0.15) is 12.0 Å². The molecule has 1 unspecified atom stereocenters. The highest BCUT2D eigenvalue weighted by Crippen LogP contribution is 2.21. The van der Waals surface area contributed by atoms with Crippen molar-refractivity contribution in [3.05, 3.63) is 29.8 Å². The Labute approximate surface area is 136 Å². The Morgan fingerprint density at radius 1 is 1.17 bits per heavy atom. The van der Waals surface area contributed by atoms with Crippen molar-refractivity contribution >= 4 is 17.5 Å². The number of anilines is 1. The van der Waals surface area contributed by atoms with Gasteiger partial charge in [-0.3, -0.25) is 9.59 Å². The van der Waals surface area contributed by atoms with Gasteiger partial charge in [0.1, 0.15) is 6.04 Å². The van der Waals surface area contributed by atoms with Gasteiger partial charge in [0.25, 0.3) is 0 Å². The average Bonchev–Trinajstić information content (AvgIpc) is 2.80. The predicted octanol–water partition coefficient (Wildman–Crippen LogP) is 0.122. The van der Waals surface area contributed by atoms with Crippen LogP contribution in [0.4, 0.5) is 5.69 Å². The molecule has 0 spiro atoms. The summed E-state index contributed by atoms with van der Waals surface area (Å²) < 4.78 is 0. The third-order valence-corrected chi connectivity index (χ3v) is 4.53. The quantitative estimate of drug-likeness (QED) is 0.814. The van der Waals surface area contributed by atoms with Gasteiger partial charge in [0.2, 0.25) is 11.8 Å². The topological polar surface area (TPSA) is 64.7 Å². The van der Waals surface area contributed by atoms with E-state index in [1.165, 1.54) is 11.3 Å². The number of nitrogens with zero attached hydrogens (tertiary/aromatic N) is 2. The van der Waals surface area contributed by atoms with E-state index in [1.54, 1.807) is 0 Å². The monoisotopic (exact) mass is 316 g/mol. The predicted molar refractivity (Wildman–Crippen MR) is 89.4 cm³/mol. The Balaban J connectivity index is 1.63. The fourth-order valence-corrected chi connectivity index (χ4v) is 3.29. The Morgan fingerprint density at radius 2 is 2.00 bits per heavy atom. The number of carbonyl (C=O) groups is 2. The third-order valence-electron chi connectivity index (χ3n) is 4.53. The minimum Gasteiger partial charge on any atom is -0.369 e. The van der Waals surface area contributed by atoms with Crippen molar-refractivity contribution in [1.82, 2.24) is 15.5 Å². The molecule has 2 saturated heterocycles. The maximum Gasteiger partial charge on any atom is 0.246 e. The summed E-state index contributed by atoms with van der Waals surface area (Å²) in [7, 11) is 0. The highest BCUT2D eigenvalue weighted by molar-refractivity contribution is 5.89. The molecular formula is C17H24N4O2. The molecule has 6 nitrogen and oxygen atoms in total. The SMILES string of the molecule is Cc1ccccc1N1CCCN(C(=O)C2CNCC(=O)N2)CC1. The number of amides is 2. The van der Waals surface area contributed by atoms with E-state index < -0.39 is 6.04 Å². The second kappa shape index (κ2) is 7.00. The maximum absolute atomic E-state index is 12.6. The minimum absolute atomic E-state index is 0.0252. The first-order valence-electron chi connectivity index (χ1n) is 8.24. The summed E-state index contributed by atoms with van der Waals surface area (Å²) in [4.78, 5) is 28.3. The summed E-state index contributed by atoms with van der Waals surface area (Å²) in [5.41, 5.74) is 2.51. The molecule has 1 aromatic rings. The zero-order chi connectivity index (χ0) is 16.2. The zero-order valence-electron chi connectivity index (χ0n) is 13.5. The lowest BCUT2D eigenvalue weighted by atomic mass is 10.2. The molecular weight excluding hydrogens is 292 g/mol. The van der Waals surface area contributed by atoms with E-state index in [0.29, 0.717) is 19.6 Å². The highest BCUT2D eigenvalue weighted by atomic mass is 16.2. The molecule has 2 aliphatic heterocycles. The molecule has 3 rings (SSSR count). The molecule has 2 aliphatic rings. The summed E-state index contributed by atoms with van der Waals surface area (Å²) in [5, 5.41) is 5.77. The normalized spacial score (nSPS) is 22.5. The van der Waals surface area contributed by atoms with E-state index in [4.69, 9.17) is 0 Å². The van der Waals surface area contributed by atoms with Gasteiger partial charge in [-0.2, -0.15) is 0 Å². The first-order valence-corrected chi connectivity index (χ1v) is 8.24. The molecule has 2 heterocycles. The molecule has 0 saturated carbocycles. The van der Waals surface area contributed by atoms with Crippen LogP contribution in [-0.4, -0.2) is 62.0 Å². The molecule has 23 heavy (non-hydrogen) atoms. The number of rotatable bonds is 2. The van der Waals surface area contributed by atoms with Gasteiger partial charge in [-0.1, -0.05) is 18.2 Å². The van der Waals surface area contributed by atoms with Gasteiger partial charge >= 0.3 is 0 Å². The lowest BCUT2D eigenvalue weighted by Crippen LogP contribution is -2.59. The summed E-state index contributed by atoms with van der Waals surface area (Å²) in [6.45, 7) is 6.14. The molecule has 0 radical (unpaired) electrons. The molecule has 1 aromatic carbocycles. The van der Waals surface area contributed by atoms with Gasteiger partial charge in [0.15, 0.2) is 0 Å². The summed E-state index contributed by atoms with van der Waals surface area (Å²) in [6, 6.07) is 7.93. The summed E-state index contributed by atoms with van der Waals surface area (Å²) in [5.74, 6) is -0.0804. The van der Waals surface area contributed by atoms with Crippen LogP contribution in [-0.2, 0) is 9.59 Å². The van der Waals surface area contributed by atoms with Crippen LogP contribution in [0.5, 0.6) is 0 Å². The number of carbonyl (C=O) groups excluding carboxylic acids is 2. The standard InChI is InChI=1S/C17H24N4O2/c1-13-5-2-3-6-15(13)20-7-4-8-21(10-9-20)17(23)14-11-18-12-16(22)19-14/h2-3,5-6,14,18H,4,7-12H2,1H3,(H,19,22). The van der Waals surface area contributed by atoms with E-state index in [2.05, 4.69) is 40.7 Å². The number of nitrogens with one attached hydrogen (secondary N) is 2. The Hall–Kier alpha value is -2.08. The van der Waals surface area contributed by atoms with Crippen molar-refractivity contribution < 1.29 is 9.59 Å². The smallest absolute Gasteiger partial charge is 0.246 e. The summed E-state index contributed by atoms with van der Waals surface area (Å²) in [6.07, 6.45) is 0.939. The summed E-state index contributed by atoms with van der Waals surface area (Å²) >= 11 is 0. The van der Waals surface area contributed by atoms with Crippen LogP contribution in [0.25, 0.3) is 0 Å². The molecule has 124 valence electrons. The fourth-order valence-electron chi connectivity index (χ4n) is 3.29. The van der Waals surface area contributed by atoms with Crippen LogP contribution in [0.2, 0.25) is 0 Å². The van der Waals surface area contributed by atoms with Crippen molar-refractivity contribution in [2.45, 2.75) is 19.4 Å². The molecule has 2 fully saturated rings. The lowest BCUT2D eigenvalue weighted by molar-refractivity contribution is -0.137. The number of hydrogen-bond acceptors (Lipinski definition) is 4. The number of hydrogen-bond donors (Lipinski definition) is 2. The van der Waals surface area contributed by atoms with Crippen molar-refractivity contribution in [2.24, 2.45) is 0 Å². The highest BCUT2D eigenvalue weighted by Gasteiger charge is 2.29. The molecule has 6 heteroatoms. The van der Waals surface area contributed by atoms with E-state index in [-0.39, 0.29) is 11.8 Å². The van der Waals surface area contributed by atoms with E-state index >= 15 is 0 Å². The fraction of sp³-hybridized carbons (Fsp3) is 0.529. The van der Waals surface area contributed by atoms with Gasteiger partial charge in [-0.05, 0) is 25.0 Å². The van der Waals surface area contributed by atoms with Crippen LogP contribution in [0.3, 0.4) is 0 Å². The zero-order valence-corrected chi connectivity index (χ0v) is 13.5. The second-order valence-electron chi connectivity index (χ2n) is 6.20. The van der Waals surface area contributed by atoms with E-state index in [0.717, 1.165) is 26.1 Å². The van der Waals surface area contributed by atoms with Crippen LogP contribution >= 0.6 is 0 Å². The van der Waals surface area contributed by atoms with Crippen LogP contribution in [0, 0.1) is 6.92 Å².